The van der Waals surface area contributed by atoms with Crippen LogP contribution in [0.3, 0.4) is 0 Å². The summed E-state index contributed by atoms with van der Waals surface area (Å²) in [5, 5.41) is 0. The Hall–Kier alpha value is -1.05. The zero-order chi connectivity index (χ0) is 7.84. The van der Waals surface area contributed by atoms with Crippen LogP contribution in [0.25, 0.3) is 0 Å². The second-order valence-electron chi connectivity index (χ2n) is 3.14. The van der Waals surface area contributed by atoms with Gasteiger partial charge in [0.15, 0.2) is 5.78 Å². The van der Waals surface area contributed by atoms with Crippen LogP contribution in [0.5, 0.6) is 0 Å². The van der Waals surface area contributed by atoms with Crippen LogP contribution in [0.15, 0.2) is 18.3 Å². The molecule has 0 aromatic carbocycles. The van der Waals surface area contributed by atoms with Gasteiger partial charge >= 0.3 is 0 Å². The van der Waals surface area contributed by atoms with Crippen LogP contribution in [0.2, 0.25) is 0 Å². The molecule has 0 fully saturated rings. The molecule has 58 valence electrons. The van der Waals surface area contributed by atoms with E-state index in [4.69, 9.17) is 0 Å². The summed E-state index contributed by atoms with van der Waals surface area (Å²) in [5.74, 6) is 0.513. The summed E-state index contributed by atoms with van der Waals surface area (Å²) < 4.78 is 2.03. The van der Waals surface area contributed by atoms with Gasteiger partial charge in [-0.2, -0.15) is 0 Å². The minimum absolute atomic E-state index is 0.220. The molecule has 2 nitrogen and oxygen atoms in total. The average molecular weight is 149 g/mol. The topological polar surface area (TPSA) is 22.0 Å². The van der Waals surface area contributed by atoms with E-state index in [1.54, 1.807) is 0 Å². The number of hydrogen-bond acceptors (Lipinski definition) is 1. The van der Waals surface area contributed by atoms with E-state index >= 15 is 0 Å². The van der Waals surface area contributed by atoms with E-state index < -0.39 is 0 Å². The van der Waals surface area contributed by atoms with Crippen molar-refractivity contribution in [3.8, 4) is 0 Å². The van der Waals surface area contributed by atoms with E-state index in [1.165, 1.54) is 0 Å². The Kier molecular flexibility index (Phi) is 1.34. The minimum Gasteiger partial charge on any atom is -0.345 e. The Morgan fingerprint density at radius 1 is 1.64 bits per heavy atom. The van der Waals surface area contributed by atoms with Crippen molar-refractivity contribution in [2.75, 3.05) is 0 Å². The van der Waals surface area contributed by atoms with Gasteiger partial charge in [0.1, 0.15) is 0 Å². The fraction of sp³-hybridized carbons (Fsp3) is 0.444. The first-order valence-corrected chi connectivity index (χ1v) is 3.98. The van der Waals surface area contributed by atoms with Crippen molar-refractivity contribution in [1.29, 1.82) is 0 Å². The Morgan fingerprint density at radius 3 is 3.27 bits per heavy atom. The van der Waals surface area contributed by atoms with Crippen LogP contribution in [0.1, 0.15) is 23.8 Å². The van der Waals surface area contributed by atoms with Gasteiger partial charge in [-0.1, -0.05) is 6.92 Å². The van der Waals surface area contributed by atoms with Crippen molar-refractivity contribution in [2.24, 2.45) is 5.92 Å². The van der Waals surface area contributed by atoms with Crippen molar-refractivity contribution in [3.05, 3.63) is 24.0 Å². The second kappa shape index (κ2) is 2.22. The molecule has 0 radical (unpaired) electrons. The van der Waals surface area contributed by atoms with Gasteiger partial charge in [-0.05, 0) is 18.6 Å². The summed E-state index contributed by atoms with van der Waals surface area (Å²) in [5.41, 5.74) is 0.878. The zero-order valence-corrected chi connectivity index (χ0v) is 6.58. The number of nitrogens with zero attached hydrogens (tertiary/aromatic N) is 1. The van der Waals surface area contributed by atoms with Gasteiger partial charge < -0.3 is 4.57 Å². The normalized spacial score (nSPS) is 23.4. The van der Waals surface area contributed by atoms with Crippen LogP contribution < -0.4 is 0 Å². The quantitative estimate of drug-likeness (QED) is 0.550. The molecule has 0 saturated heterocycles. The maximum Gasteiger partial charge on any atom is 0.182 e. The Balaban J connectivity index is 2.46. The highest BCUT2D eigenvalue weighted by atomic mass is 16.1. The van der Waals surface area contributed by atoms with Gasteiger partial charge in [0, 0.05) is 18.7 Å². The Bertz CT molecular complexity index is 288. The summed E-state index contributed by atoms with van der Waals surface area (Å²) in [6.07, 6.45) is 2.96. The predicted octanol–water partition coefficient (Wildman–Crippen LogP) is 1.71. The molecule has 1 aromatic rings. The van der Waals surface area contributed by atoms with E-state index in [0.717, 1.165) is 18.7 Å². The molecule has 0 amide bonds. The van der Waals surface area contributed by atoms with Crippen LogP contribution in [0.4, 0.5) is 0 Å². The SMILES string of the molecule is C[C@H]1CCn2cccc2C1=O. The molecule has 1 atom stereocenters. The van der Waals surface area contributed by atoms with E-state index in [2.05, 4.69) is 0 Å². The number of hydrogen-bond donors (Lipinski definition) is 0. The van der Waals surface area contributed by atoms with E-state index in [1.807, 2.05) is 29.8 Å². The van der Waals surface area contributed by atoms with Gasteiger partial charge in [0.25, 0.3) is 0 Å². The fourth-order valence-corrected chi connectivity index (χ4v) is 1.55. The van der Waals surface area contributed by atoms with Gasteiger partial charge in [0.05, 0.1) is 5.69 Å². The van der Waals surface area contributed by atoms with Gasteiger partial charge in [0.2, 0.25) is 0 Å². The number of ketones is 1. The smallest absolute Gasteiger partial charge is 0.182 e. The maximum atomic E-state index is 11.5. The third-order valence-electron chi connectivity index (χ3n) is 2.33. The van der Waals surface area contributed by atoms with Crippen LogP contribution in [-0.4, -0.2) is 10.4 Å². The van der Waals surface area contributed by atoms with Gasteiger partial charge in [-0.3, -0.25) is 4.79 Å². The molecular formula is C9H11NO. The molecule has 0 aliphatic carbocycles. The maximum absolute atomic E-state index is 11.5. The molecule has 2 heteroatoms. The lowest BCUT2D eigenvalue weighted by Gasteiger charge is -2.19. The highest BCUT2D eigenvalue weighted by Crippen LogP contribution is 2.19. The van der Waals surface area contributed by atoms with Crippen LogP contribution in [-0.2, 0) is 6.54 Å². The fourth-order valence-electron chi connectivity index (χ4n) is 1.55. The molecule has 0 unspecified atom stereocenters. The first-order chi connectivity index (χ1) is 5.29. The lowest BCUT2D eigenvalue weighted by atomic mass is 9.97. The van der Waals surface area contributed by atoms with Crippen LogP contribution in [0, 0.1) is 5.92 Å². The summed E-state index contributed by atoms with van der Waals surface area (Å²) in [7, 11) is 0. The Morgan fingerprint density at radius 2 is 2.45 bits per heavy atom. The lowest BCUT2D eigenvalue weighted by Crippen LogP contribution is -2.23. The van der Waals surface area contributed by atoms with Gasteiger partial charge in [-0.15, -0.1) is 0 Å². The standard InChI is InChI=1S/C9H11NO/c1-7-4-6-10-5-2-3-8(10)9(7)11/h2-3,5,7H,4,6H2,1H3/t7-/m0/s1. The number of Topliss-reactive ketones (excluding diaryl/α,β-unsaturated/α-hetero) is 1. The van der Waals surface area contributed by atoms with E-state index in [-0.39, 0.29) is 5.92 Å². The largest absolute Gasteiger partial charge is 0.345 e. The van der Waals surface area contributed by atoms with Crippen molar-refractivity contribution < 1.29 is 4.79 Å². The summed E-state index contributed by atoms with van der Waals surface area (Å²) in [6, 6.07) is 3.84. The number of carbonyl (C=O) groups is 1. The van der Waals surface area contributed by atoms with Crippen LogP contribution >= 0.6 is 0 Å². The third kappa shape index (κ3) is 0.897. The van der Waals surface area contributed by atoms with E-state index in [0.29, 0.717) is 5.78 Å². The summed E-state index contributed by atoms with van der Waals surface area (Å²) in [6.45, 7) is 2.99. The molecule has 11 heavy (non-hydrogen) atoms. The predicted molar refractivity (Wildman–Crippen MR) is 42.5 cm³/mol. The molecule has 1 aromatic heterocycles. The highest BCUT2D eigenvalue weighted by molar-refractivity contribution is 5.96. The number of aromatic nitrogens is 1. The molecule has 1 aliphatic heterocycles. The van der Waals surface area contributed by atoms with Crippen molar-refractivity contribution in [1.82, 2.24) is 4.57 Å². The van der Waals surface area contributed by atoms with Gasteiger partial charge in [-0.25, -0.2) is 0 Å². The first-order valence-electron chi connectivity index (χ1n) is 3.98. The molecule has 2 heterocycles. The molecule has 0 bridgehead atoms. The summed E-state index contributed by atoms with van der Waals surface area (Å²) >= 11 is 0. The molecule has 1 aliphatic rings. The average Bonchev–Trinajstić information content (AvgIpc) is 2.45. The second-order valence-corrected chi connectivity index (χ2v) is 3.14. The molecule has 2 rings (SSSR count). The van der Waals surface area contributed by atoms with Crippen molar-refractivity contribution in [2.45, 2.75) is 19.9 Å². The number of aryl methyl sites for hydroxylation is 1. The first kappa shape index (κ1) is 6.65. The minimum atomic E-state index is 0.220. The molecule has 0 N–H and O–H groups in total. The number of carbonyl (C=O) groups excluding carboxylic acids is 1. The highest BCUT2D eigenvalue weighted by Gasteiger charge is 2.22. The van der Waals surface area contributed by atoms with Crippen molar-refractivity contribution >= 4 is 5.78 Å². The third-order valence-corrected chi connectivity index (χ3v) is 2.33. The zero-order valence-electron chi connectivity index (χ0n) is 6.58. The molecular weight excluding hydrogens is 138 g/mol. The number of fused-ring (bicyclic) bond motifs is 1. The number of rotatable bonds is 0. The lowest BCUT2D eigenvalue weighted by molar-refractivity contribution is 0.0891. The molecule has 0 saturated carbocycles. The Labute approximate surface area is 65.8 Å². The van der Waals surface area contributed by atoms with Crippen molar-refractivity contribution in [3.63, 3.8) is 0 Å². The van der Waals surface area contributed by atoms with E-state index in [9.17, 15) is 4.79 Å². The molecule has 0 spiro atoms. The summed E-state index contributed by atoms with van der Waals surface area (Å²) in [4.78, 5) is 11.5. The monoisotopic (exact) mass is 149 g/mol.